The monoisotopic (exact) mass is 380 g/mol. The van der Waals surface area contributed by atoms with Crippen molar-refractivity contribution in [1.29, 1.82) is 0 Å². The molecule has 0 bridgehead atoms. The van der Waals surface area contributed by atoms with Gasteiger partial charge in [-0.1, -0.05) is 13.8 Å². The molecule has 8 heteroatoms. The van der Waals surface area contributed by atoms with Crippen molar-refractivity contribution in [2.45, 2.75) is 31.8 Å². The first kappa shape index (κ1) is 20.2. The average molecular weight is 380 g/mol. The Morgan fingerprint density at radius 3 is 2.27 bits per heavy atom. The van der Waals surface area contributed by atoms with Crippen LogP contribution < -0.4 is 5.32 Å². The lowest BCUT2D eigenvalue weighted by Gasteiger charge is -2.18. The number of nitrogens with zero attached hydrogens (tertiary/aromatic N) is 1. The lowest BCUT2D eigenvalue weighted by Crippen LogP contribution is -2.31. The fourth-order valence-corrected chi connectivity index (χ4v) is 3.97. The van der Waals surface area contributed by atoms with Crippen LogP contribution in [0.4, 0.5) is 0 Å². The minimum Gasteiger partial charge on any atom is -0.464 e. The van der Waals surface area contributed by atoms with Gasteiger partial charge in [-0.05, 0) is 43.3 Å². The summed E-state index contributed by atoms with van der Waals surface area (Å²) < 4.78 is 31.5. The van der Waals surface area contributed by atoms with Crippen LogP contribution in [0, 0.1) is 6.92 Å². The molecule has 0 saturated heterocycles. The normalized spacial score (nSPS) is 13.0. The Labute approximate surface area is 153 Å². The van der Waals surface area contributed by atoms with E-state index in [1.165, 1.54) is 28.6 Å². The molecule has 142 valence electrons. The van der Waals surface area contributed by atoms with Gasteiger partial charge in [0, 0.05) is 18.7 Å². The van der Waals surface area contributed by atoms with Crippen molar-refractivity contribution in [1.82, 2.24) is 9.62 Å². The minimum absolute atomic E-state index is 0.00865. The van der Waals surface area contributed by atoms with Crippen LogP contribution in [0.15, 0.2) is 45.7 Å². The van der Waals surface area contributed by atoms with Crippen LogP contribution in [0.1, 0.15) is 41.8 Å². The smallest absolute Gasteiger partial charge is 0.251 e. The molecule has 2 rings (SSSR count). The summed E-state index contributed by atoms with van der Waals surface area (Å²) in [5.74, 6) is 0.651. The maximum absolute atomic E-state index is 12.4. The summed E-state index contributed by atoms with van der Waals surface area (Å²) in [5.41, 5.74) is 0.311. The Kier molecular flexibility index (Phi) is 6.57. The summed E-state index contributed by atoms with van der Waals surface area (Å²) in [7, 11) is -3.55. The summed E-state index contributed by atoms with van der Waals surface area (Å²) in [6, 6.07) is 9.11. The lowest BCUT2D eigenvalue weighted by molar-refractivity contribution is 0.0900. The quantitative estimate of drug-likeness (QED) is 0.730. The maximum atomic E-state index is 12.4. The lowest BCUT2D eigenvalue weighted by atomic mass is 10.2. The molecule has 2 N–H and O–H groups in total. The Balaban J connectivity index is 2.02. The molecule has 0 fully saturated rings. The molecule has 1 atom stereocenters. The fourth-order valence-electron chi connectivity index (χ4n) is 2.52. The van der Waals surface area contributed by atoms with Gasteiger partial charge in [-0.2, -0.15) is 4.31 Å². The first-order valence-electron chi connectivity index (χ1n) is 8.42. The highest BCUT2D eigenvalue weighted by Crippen LogP contribution is 2.17. The van der Waals surface area contributed by atoms with Gasteiger partial charge in [0.25, 0.3) is 5.91 Å². The van der Waals surface area contributed by atoms with E-state index in [1.807, 2.05) is 0 Å². The molecule has 2 aromatic rings. The van der Waals surface area contributed by atoms with Gasteiger partial charge in [0.05, 0.1) is 11.4 Å². The number of furan rings is 1. The first-order chi connectivity index (χ1) is 12.3. The van der Waals surface area contributed by atoms with Gasteiger partial charge in [-0.3, -0.25) is 4.79 Å². The number of hydrogen-bond acceptors (Lipinski definition) is 5. The number of amides is 1. The van der Waals surface area contributed by atoms with Crippen molar-refractivity contribution in [2.24, 2.45) is 0 Å². The van der Waals surface area contributed by atoms with Crippen LogP contribution in [-0.2, 0) is 10.0 Å². The number of sulfonamides is 1. The van der Waals surface area contributed by atoms with Gasteiger partial charge < -0.3 is 14.8 Å². The highest BCUT2D eigenvalue weighted by Gasteiger charge is 2.22. The molecule has 0 aliphatic rings. The Bertz CT molecular complexity index is 839. The SMILES string of the molecule is CCN(CC)S(=O)(=O)c1ccc(C(=O)NCC(O)c2ccc(C)o2)cc1. The van der Waals surface area contributed by atoms with Crippen LogP contribution in [0.5, 0.6) is 0 Å². The average Bonchev–Trinajstić information content (AvgIpc) is 3.07. The van der Waals surface area contributed by atoms with E-state index in [0.29, 0.717) is 30.2 Å². The maximum Gasteiger partial charge on any atom is 0.251 e. The molecule has 1 aromatic heterocycles. The van der Waals surface area contributed by atoms with Crippen LogP contribution >= 0.6 is 0 Å². The number of rotatable bonds is 8. The van der Waals surface area contributed by atoms with E-state index >= 15 is 0 Å². The van der Waals surface area contributed by atoms with Gasteiger partial charge in [-0.25, -0.2) is 8.42 Å². The Morgan fingerprint density at radius 2 is 1.77 bits per heavy atom. The number of carbonyl (C=O) groups is 1. The Morgan fingerprint density at radius 1 is 1.15 bits per heavy atom. The van der Waals surface area contributed by atoms with Crippen LogP contribution in [-0.4, -0.2) is 43.4 Å². The number of aryl methyl sites for hydroxylation is 1. The van der Waals surface area contributed by atoms with Crippen molar-refractivity contribution in [3.8, 4) is 0 Å². The molecule has 1 amide bonds. The zero-order chi connectivity index (χ0) is 19.3. The zero-order valence-electron chi connectivity index (χ0n) is 15.1. The highest BCUT2D eigenvalue weighted by molar-refractivity contribution is 7.89. The van der Waals surface area contributed by atoms with Crippen molar-refractivity contribution >= 4 is 15.9 Å². The fraction of sp³-hybridized carbons (Fsp3) is 0.389. The zero-order valence-corrected chi connectivity index (χ0v) is 15.9. The second-order valence-electron chi connectivity index (χ2n) is 5.79. The number of aliphatic hydroxyl groups is 1. The highest BCUT2D eigenvalue weighted by atomic mass is 32.2. The number of aliphatic hydroxyl groups excluding tert-OH is 1. The molecular weight excluding hydrogens is 356 g/mol. The third kappa shape index (κ3) is 4.51. The summed E-state index contributed by atoms with van der Waals surface area (Å²) >= 11 is 0. The molecule has 1 unspecified atom stereocenters. The molecule has 0 saturated carbocycles. The summed E-state index contributed by atoms with van der Waals surface area (Å²) in [5, 5.41) is 12.6. The van der Waals surface area contributed by atoms with Crippen molar-refractivity contribution in [3.63, 3.8) is 0 Å². The molecule has 0 radical (unpaired) electrons. The minimum atomic E-state index is -3.55. The van der Waals surface area contributed by atoms with E-state index in [4.69, 9.17) is 4.42 Å². The summed E-state index contributed by atoms with van der Waals surface area (Å²) in [6.45, 7) is 6.06. The van der Waals surface area contributed by atoms with Gasteiger partial charge in [0.15, 0.2) is 0 Å². The standard InChI is InChI=1S/C18H24N2O5S/c1-4-20(5-2)26(23,24)15-9-7-14(8-10-15)18(22)19-12-16(21)17-11-6-13(3)25-17/h6-11,16,21H,4-5,12H2,1-3H3,(H,19,22). The molecule has 0 aliphatic heterocycles. The molecule has 26 heavy (non-hydrogen) atoms. The van der Waals surface area contributed by atoms with E-state index in [0.717, 1.165) is 0 Å². The van der Waals surface area contributed by atoms with Gasteiger partial charge in [-0.15, -0.1) is 0 Å². The topological polar surface area (TPSA) is 99.9 Å². The van der Waals surface area contributed by atoms with Gasteiger partial charge in [0.2, 0.25) is 10.0 Å². The van der Waals surface area contributed by atoms with Crippen molar-refractivity contribution < 1.29 is 22.7 Å². The molecule has 1 aromatic carbocycles. The van der Waals surface area contributed by atoms with Crippen LogP contribution in [0.25, 0.3) is 0 Å². The van der Waals surface area contributed by atoms with Gasteiger partial charge >= 0.3 is 0 Å². The van der Waals surface area contributed by atoms with E-state index in [1.54, 1.807) is 32.9 Å². The number of carbonyl (C=O) groups excluding carboxylic acids is 1. The van der Waals surface area contributed by atoms with Crippen molar-refractivity contribution in [2.75, 3.05) is 19.6 Å². The largest absolute Gasteiger partial charge is 0.464 e. The van der Waals surface area contributed by atoms with Crippen LogP contribution in [0.3, 0.4) is 0 Å². The molecule has 1 heterocycles. The predicted molar refractivity (Wildman–Crippen MR) is 97.3 cm³/mol. The third-order valence-electron chi connectivity index (χ3n) is 4.01. The van der Waals surface area contributed by atoms with E-state index in [-0.39, 0.29) is 11.4 Å². The number of benzene rings is 1. The predicted octanol–water partition coefficient (Wildman–Crippen LogP) is 2.08. The molecule has 7 nitrogen and oxygen atoms in total. The molecule has 0 spiro atoms. The number of nitrogens with one attached hydrogen (secondary N) is 1. The Hall–Kier alpha value is -2.16. The second kappa shape index (κ2) is 8.48. The number of hydrogen-bond donors (Lipinski definition) is 2. The summed E-state index contributed by atoms with van der Waals surface area (Å²) in [4.78, 5) is 12.3. The van der Waals surface area contributed by atoms with E-state index in [2.05, 4.69) is 5.32 Å². The van der Waals surface area contributed by atoms with E-state index in [9.17, 15) is 18.3 Å². The summed E-state index contributed by atoms with van der Waals surface area (Å²) in [6.07, 6.45) is -0.949. The van der Waals surface area contributed by atoms with E-state index < -0.39 is 22.0 Å². The molecular formula is C18H24N2O5S. The van der Waals surface area contributed by atoms with Crippen LogP contribution in [0.2, 0.25) is 0 Å². The van der Waals surface area contributed by atoms with Crippen molar-refractivity contribution in [3.05, 3.63) is 53.5 Å². The third-order valence-corrected chi connectivity index (χ3v) is 6.07. The second-order valence-corrected chi connectivity index (χ2v) is 7.73. The van der Waals surface area contributed by atoms with Gasteiger partial charge in [0.1, 0.15) is 17.6 Å². The molecule has 0 aliphatic carbocycles. The first-order valence-corrected chi connectivity index (χ1v) is 9.86.